The fourth-order valence-electron chi connectivity index (χ4n) is 3.05. The molecule has 2 N–H and O–H groups in total. The van der Waals surface area contributed by atoms with E-state index in [1.165, 1.54) is 31.9 Å². The van der Waals surface area contributed by atoms with Gasteiger partial charge >= 0.3 is 0 Å². The molecule has 3 heterocycles. The Morgan fingerprint density at radius 3 is 2.39 bits per heavy atom. The predicted molar refractivity (Wildman–Crippen MR) is 135 cm³/mol. The number of halogens is 3. The summed E-state index contributed by atoms with van der Waals surface area (Å²) in [5.41, 5.74) is 2.67. The molecule has 0 saturated carbocycles. The highest BCUT2D eigenvalue weighted by molar-refractivity contribution is 9.10. The molecule has 0 spiro atoms. The molecule has 8 nitrogen and oxygen atoms in total. The monoisotopic (exact) mass is 567 g/mol. The highest BCUT2D eigenvalue weighted by Crippen LogP contribution is 2.50. The van der Waals surface area contributed by atoms with Gasteiger partial charge in [0.2, 0.25) is 0 Å². The van der Waals surface area contributed by atoms with Crippen LogP contribution in [-0.2, 0) is 0 Å². The van der Waals surface area contributed by atoms with Crippen molar-refractivity contribution in [3.05, 3.63) is 55.8 Å². The maximum atomic E-state index is 13.2. The van der Waals surface area contributed by atoms with Gasteiger partial charge in [-0.2, -0.15) is 0 Å². The van der Waals surface area contributed by atoms with Crippen molar-refractivity contribution in [2.75, 3.05) is 24.9 Å². The number of anilines is 3. The summed E-state index contributed by atoms with van der Waals surface area (Å²) in [6.07, 6.45) is 3.10. The van der Waals surface area contributed by atoms with Gasteiger partial charge in [0.1, 0.15) is 20.8 Å². The van der Waals surface area contributed by atoms with E-state index in [9.17, 15) is 4.79 Å². The lowest BCUT2D eigenvalue weighted by Crippen LogP contribution is -2.13. The maximum Gasteiger partial charge on any atom is 0.258 e. The molecule has 3 aromatic heterocycles. The SMILES string of the molecule is COc1c(Cl)c(NC(=O)c2csc3c(Nc4ccc(C)nc4)ncnc23)c(Cl)c(OC)c1Br. The van der Waals surface area contributed by atoms with E-state index < -0.39 is 5.91 Å². The number of hydrogen-bond donors (Lipinski definition) is 2. The number of fused-ring (bicyclic) bond motifs is 1. The molecule has 0 bridgehead atoms. The minimum absolute atomic E-state index is 0.131. The number of thiophene rings is 1. The fraction of sp³-hybridized carbons (Fsp3) is 0.143. The number of aromatic nitrogens is 3. The Hall–Kier alpha value is -2.66. The minimum Gasteiger partial charge on any atom is -0.494 e. The van der Waals surface area contributed by atoms with Crippen LogP contribution < -0.4 is 20.1 Å². The second kappa shape index (κ2) is 9.68. The summed E-state index contributed by atoms with van der Waals surface area (Å²) in [7, 11) is 2.90. The molecule has 4 aromatic rings. The Morgan fingerprint density at radius 1 is 1.09 bits per heavy atom. The second-order valence-electron chi connectivity index (χ2n) is 6.70. The smallest absolute Gasteiger partial charge is 0.258 e. The van der Waals surface area contributed by atoms with Gasteiger partial charge in [0.25, 0.3) is 5.91 Å². The van der Waals surface area contributed by atoms with Crippen LogP contribution in [0.2, 0.25) is 10.0 Å². The molecular formula is C21H16BrCl2N5O3S. The summed E-state index contributed by atoms with van der Waals surface area (Å²) in [5, 5.41) is 7.93. The standard InChI is InChI=1S/C21H16BrCl2N5O3S/c1-9-4-5-10(6-25-9)28-20-19-15(26-8-27-20)11(7-33-19)21(30)29-16-13(23)17(31-2)12(22)18(32-3)14(16)24/h4-8H,1-3H3,(H,29,30)(H,26,27,28). The van der Waals surface area contributed by atoms with Crippen molar-refractivity contribution in [2.24, 2.45) is 0 Å². The molecule has 0 atom stereocenters. The molecule has 0 unspecified atom stereocenters. The topological polar surface area (TPSA) is 98.3 Å². The van der Waals surface area contributed by atoms with Crippen molar-refractivity contribution in [2.45, 2.75) is 6.92 Å². The Morgan fingerprint density at radius 2 is 1.79 bits per heavy atom. The Kier molecular flexibility index (Phi) is 6.89. The molecular weight excluding hydrogens is 553 g/mol. The van der Waals surface area contributed by atoms with Crippen LogP contribution in [0.25, 0.3) is 10.2 Å². The molecule has 0 aliphatic carbocycles. The zero-order valence-corrected chi connectivity index (χ0v) is 21.4. The first-order chi connectivity index (χ1) is 15.8. The van der Waals surface area contributed by atoms with Gasteiger partial charge in [-0.05, 0) is 35.0 Å². The van der Waals surface area contributed by atoms with E-state index in [1.807, 2.05) is 19.1 Å². The van der Waals surface area contributed by atoms with Gasteiger partial charge in [-0.3, -0.25) is 9.78 Å². The third-order valence-electron chi connectivity index (χ3n) is 4.66. The van der Waals surface area contributed by atoms with Crippen LogP contribution in [0.1, 0.15) is 16.1 Å². The second-order valence-corrected chi connectivity index (χ2v) is 9.13. The lowest BCUT2D eigenvalue weighted by molar-refractivity contribution is 0.102. The Labute approximate surface area is 211 Å². The maximum absolute atomic E-state index is 13.2. The zero-order valence-electron chi connectivity index (χ0n) is 17.5. The molecule has 1 aromatic carbocycles. The van der Waals surface area contributed by atoms with Gasteiger partial charge in [0, 0.05) is 11.1 Å². The van der Waals surface area contributed by atoms with Crippen molar-refractivity contribution < 1.29 is 14.3 Å². The lowest BCUT2D eigenvalue weighted by Gasteiger charge is -2.17. The number of benzene rings is 1. The quantitative estimate of drug-likeness (QED) is 0.275. The number of carbonyl (C=O) groups is 1. The van der Waals surface area contributed by atoms with E-state index in [1.54, 1.807) is 11.6 Å². The lowest BCUT2D eigenvalue weighted by atomic mass is 10.2. The van der Waals surface area contributed by atoms with Gasteiger partial charge < -0.3 is 20.1 Å². The number of hydrogen-bond acceptors (Lipinski definition) is 8. The Bertz CT molecular complexity index is 1330. The van der Waals surface area contributed by atoms with Crippen LogP contribution in [0, 0.1) is 6.92 Å². The molecule has 0 aliphatic rings. The number of pyridine rings is 1. The van der Waals surface area contributed by atoms with Crippen molar-refractivity contribution >= 4 is 83.8 Å². The average Bonchev–Trinajstić information content (AvgIpc) is 3.24. The van der Waals surface area contributed by atoms with Crippen LogP contribution >= 0.6 is 50.5 Å². The highest BCUT2D eigenvalue weighted by Gasteiger charge is 2.25. The molecule has 1 amide bonds. The molecule has 0 fully saturated rings. The first-order valence-electron chi connectivity index (χ1n) is 9.37. The first kappa shape index (κ1) is 23.5. The zero-order chi connectivity index (χ0) is 23.7. The molecule has 0 radical (unpaired) electrons. The fourth-order valence-corrected chi connectivity index (χ4v) is 5.62. The van der Waals surface area contributed by atoms with Crippen LogP contribution in [0.4, 0.5) is 17.2 Å². The number of ether oxygens (including phenoxy) is 2. The van der Waals surface area contributed by atoms with E-state index in [-0.39, 0.29) is 27.2 Å². The van der Waals surface area contributed by atoms with Crippen molar-refractivity contribution in [3.8, 4) is 11.5 Å². The first-order valence-corrected chi connectivity index (χ1v) is 11.8. The Balaban J connectivity index is 1.70. The third kappa shape index (κ3) is 4.43. The summed E-state index contributed by atoms with van der Waals surface area (Å²) in [6.45, 7) is 1.91. The largest absolute Gasteiger partial charge is 0.494 e. The molecule has 170 valence electrons. The van der Waals surface area contributed by atoms with Crippen LogP contribution in [0.5, 0.6) is 11.5 Å². The summed E-state index contributed by atoms with van der Waals surface area (Å²) in [4.78, 5) is 26.1. The van der Waals surface area contributed by atoms with Gasteiger partial charge in [0.15, 0.2) is 17.3 Å². The summed E-state index contributed by atoms with van der Waals surface area (Å²) >= 11 is 17.6. The van der Waals surface area contributed by atoms with Gasteiger partial charge in [-0.1, -0.05) is 23.2 Å². The number of rotatable bonds is 6. The van der Waals surface area contributed by atoms with Crippen molar-refractivity contribution in [3.63, 3.8) is 0 Å². The van der Waals surface area contributed by atoms with E-state index in [4.69, 9.17) is 32.7 Å². The van der Waals surface area contributed by atoms with Gasteiger partial charge in [-0.15, -0.1) is 11.3 Å². The normalized spacial score (nSPS) is 10.8. The van der Waals surface area contributed by atoms with Crippen LogP contribution in [-0.4, -0.2) is 35.1 Å². The van der Waals surface area contributed by atoms with Gasteiger partial charge in [0.05, 0.1) is 47.6 Å². The third-order valence-corrected chi connectivity index (χ3v) is 7.07. The number of nitrogens with one attached hydrogen (secondary N) is 2. The number of amides is 1. The number of carbonyl (C=O) groups excluding carboxylic acids is 1. The molecule has 4 rings (SSSR count). The number of aryl methyl sites for hydroxylation is 1. The molecule has 12 heteroatoms. The van der Waals surface area contributed by atoms with Crippen molar-refractivity contribution in [1.82, 2.24) is 15.0 Å². The van der Waals surface area contributed by atoms with E-state index >= 15 is 0 Å². The van der Waals surface area contributed by atoms with Crippen LogP contribution in [0.3, 0.4) is 0 Å². The van der Waals surface area contributed by atoms with Crippen LogP contribution in [0.15, 0.2) is 34.5 Å². The average molecular weight is 569 g/mol. The van der Waals surface area contributed by atoms with Gasteiger partial charge in [-0.25, -0.2) is 9.97 Å². The number of nitrogens with zero attached hydrogens (tertiary/aromatic N) is 3. The molecule has 33 heavy (non-hydrogen) atoms. The highest BCUT2D eigenvalue weighted by atomic mass is 79.9. The van der Waals surface area contributed by atoms with E-state index in [0.717, 1.165) is 11.4 Å². The molecule has 0 saturated heterocycles. The van der Waals surface area contributed by atoms with E-state index in [2.05, 4.69) is 41.5 Å². The van der Waals surface area contributed by atoms with Crippen molar-refractivity contribution in [1.29, 1.82) is 0 Å². The number of methoxy groups -OCH3 is 2. The summed E-state index contributed by atoms with van der Waals surface area (Å²) < 4.78 is 11.8. The minimum atomic E-state index is -0.446. The predicted octanol–water partition coefficient (Wildman–Crippen LogP) is 6.48. The van der Waals surface area contributed by atoms with E-state index in [0.29, 0.717) is 26.1 Å². The summed E-state index contributed by atoms with van der Waals surface area (Å²) in [6, 6.07) is 3.79. The molecule has 0 aliphatic heterocycles. The summed E-state index contributed by atoms with van der Waals surface area (Å²) in [5.74, 6) is 0.684.